The maximum Gasteiger partial charge on any atom is 0.233 e. The minimum atomic E-state index is 0.0552. The zero-order valence-electron chi connectivity index (χ0n) is 18.0. The molecule has 7 nitrogen and oxygen atoms in total. The predicted molar refractivity (Wildman–Crippen MR) is 126 cm³/mol. The number of morpholine rings is 1. The molecule has 0 aliphatic carbocycles. The summed E-state index contributed by atoms with van der Waals surface area (Å²) in [6.07, 6.45) is 0.0552. The number of carbonyl (C=O) groups is 1. The van der Waals surface area contributed by atoms with E-state index in [1.807, 2.05) is 71.8 Å². The second kappa shape index (κ2) is 10.4. The van der Waals surface area contributed by atoms with E-state index in [4.69, 9.17) is 21.1 Å². The SMILES string of the molecule is CCOc1ccc(-n2c(SCC(=O)N3CCOC(C)C3)nnc2-c2cccc(Cl)c2)cc1. The number of amides is 1. The van der Waals surface area contributed by atoms with E-state index < -0.39 is 0 Å². The fourth-order valence-corrected chi connectivity index (χ4v) is 4.58. The first-order valence-electron chi connectivity index (χ1n) is 10.5. The molecule has 32 heavy (non-hydrogen) atoms. The average molecular weight is 473 g/mol. The third-order valence-corrected chi connectivity index (χ3v) is 6.19. The van der Waals surface area contributed by atoms with Crippen molar-refractivity contribution in [2.45, 2.75) is 25.1 Å². The number of benzene rings is 2. The van der Waals surface area contributed by atoms with Crippen molar-refractivity contribution >= 4 is 29.3 Å². The molecule has 1 aliphatic heterocycles. The third-order valence-electron chi connectivity index (χ3n) is 5.04. The molecule has 1 unspecified atom stereocenters. The molecule has 0 bridgehead atoms. The minimum Gasteiger partial charge on any atom is -0.494 e. The van der Waals surface area contributed by atoms with Gasteiger partial charge in [0.2, 0.25) is 5.91 Å². The number of nitrogens with zero attached hydrogens (tertiary/aromatic N) is 4. The molecule has 9 heteroatoms. The molecular formula is C23H25ClN4O3S. The van der Waals surface area contributed by atoms with Crippen molar-refractivity contribution in [3.63, 3.8) is 0 Å². The van der Waals surface area contributed by atoms with Crippen molar-refractivity contribution in [2.24, 2.45) is 0 Å². The number of thioether (sulfide) groups is 1. The van der Waals surface area contributed by atoms with Gasteiger partial charge in [-0.05, 0) is 50.2 Å². The van der Waals surface area contributed by atoms with Crippen molar-refractivity contribution < 1.29 is 14.3 Å². The maximum absolute atomic E-state index is 12.8. The lowest BCUT2D eigenvalue weighted by Crippen LogP contribution is -2.45. The zero-order valence-corrected chi connectivity index (χ0v) is 19.6. The van der Waals surface area contributed by atoms with E-state index in [0.717, 1.165) is 17.0 Å². The van der Waals surface area contributed by atoms with E-state index >= 15 is 0 Å². The molecule has 1 saturated heterocycles. The van der Waals surface area contributed by atoms with Crippen LogP contribution in [0, 0.1) is 0 Å². The summed E-state index contributed by atoms with van der Waals surface area (Å²) in [6, 6.07) is 15.2. The molecule has 4 rings (SSSR count). The number of aromatic nitrogens is 3. The van der Waals surface area contributed by atoms with Gasteiger partial charge in [0.1, 0.15) is 5.75 Å². The third kappa shape index (κ3) is 5.26. The Morgan fingerprint density at radius 3 is 2.78 bits per heavy atom. The van der Waals surface area contributed by atoms with Crippen LogP contribution in [0.4, 0.5) is 0 Å². The van der Waals surface area contributed by atoms with Crippen LogP contribution in [-0.2, 0) is 9.53 Å². The lowest BCUT2D eigenvalue weighted by atomic mass is 10.2. The highest BCUT2D eigenvalue weighted by atomic mass is 35.5. The van der Waals surface area contributed by atoms with Gasteiger partial charge in [-0.1, -0.05) is 35.5 Å². The topological polar surface area (TPSA) is 69.5 Å². The van der Waals surface area contributed by atoms with Crippen molar-refractivity contribution in [1.29, 1.82) is 0 Å². The average Bonchev–Trinajstić information content (AvgIpc) is 3.22. The highest BCUT2D eigenvalue weighted by molar-refractivity contribution is 7.99. The van der Waals surface area contributed by atoms with Crippen LogP contribution in [0.25, 0.3) is 17.1 Å². The Labute approximate surface area is 196 Å². The number of rotatable bonds is 7. The second-order valence-corrected chi connectivity index (χ2v) is 8.77. The van der Waals surface area contributed by atoms with Crippen LogP contribution in [-0.4, -0.2) is 63.7 Å². The van der Waals surface area contributed by atoms with Gasteiger partial charge in [-0.25, -0.2) is 0 Å². The molecule has 1 fully saturated rings. The van der Waals surface area contributed by atoms with Gasteiger partial charge in [0.15, 0.2) is 11.0 Å². The highest BCUT2D eigenvalue weighted by Crippen LogP contribution is 2.30. The number of hydrogen-bond acceptors (Lipinski definition) is 6. The predicted octanol–water partition coefficient (Wildman–Crippen LogP) is 4.33. The maximum atomic E-state index is 12.8. The Morgan fingerprint density at radius 2 is 2.06 bits per heavy atom. The van der Waals surface area contributed by atoms with Gasteiger partial charge in [0.25, 0.3) is 0 Å². The molecule has 0 radical (unpaired) electrons. The normalized spacial score (nSPS) is 16.2. The first-order valence-corrected chi connectivity index (χ1v) is 11.9. The minimum absolute atomic E-state index is 0.0552. The largest absolute Gasteiger partial charge is 0.494 e. The van der Waals surface area contributed by atoms with Crippen LogP contribution in [0.1, 0.15) is 13.8 Å². The summed E-state index contributed by atoms with van der Waals surface area (Å²) < 4.78 is 13.1. The molecule has 0 spiro atoms. The lowest BCUT2D eigenvalue weighted by Gasteiger charge is -2.31. The molecule has 3 aromatic rings. The Kier molecular flexibility index (Phi) is 7.34. The van der Waals surface area contributed by atoms with Gasteiger partial charge in [-0.3, -0.25) is 9.36 Å². The summed E-state index contributed by atoms with van der Waals surface area (Å²) in [6.45, 7) is 6.32. The molecule has 168 valence electrons. The van der Waals surface area contributed by atoms with Crippen LogP contribution in [0.3, 0.4) is 0 Å². The molecule has 2 aromatic carbocycles. The van der Waals surface area contributed by atoms with E-state index in [0.29, 0.717) is 42.3 Å². The lowest BCUT2D eigenvalue weighted by molar-refractivity contribution is -0.135. The van der Waals surface area contributed by atoms with Gasteiger partial charge in [-0.15, -0.1) is 10.2 Å². The van der Waals surface area contributed by atoms with Crippen molar-refractivity contribution in [2.75, 3.05) is 32.1 Å². The smallest absolute Gasteiger partial charge is 0.233 e. The van der Waals surface area contributed by atoms with Crippen LogP contribution in [0.2, 0.25) is 5.02 Å². The fourth-order valence-electron chi connectivity index (χ4n) is 3.53. The standard InChI is InChI=1S/C23H25ClN4O3S/c1-3-30-20-9-7-19(8-10-20)28-22(17-5-4-6-18(24)13-17)25-26-23(28)32-15-21(29)27-11-12-31-16(2)14-27/h4-10,13,16H,3,11-12,14-15H2,1-2H3. The first kappa shape index (κ1) is 22.6. The fraction of sp³-hybridized carbons (Fsp3) is 0.348. The number of ether oxygens (including phenoxy) is 2. The quantitative estimate of drug-likeness (QED) is 0.477. The van der Waals surface area contributed by atoms with Crippen LogP contribution >= 0.6 is 23.4 Å². The molecule has 1 amide bonds. The van der Waals surface area contributed by atoms with E-state index in [-0.39, 0.29) is 17.8 Å². The summed E-state index contributed by atoms with van der Waals surface area (Å²) in [7, 11) is 0. The zero-order chi connectivity index (χ0) is 22.5. The van der Waals surface area contributed by atoms with Crippen LogP contribution in [0.5, 0.6) is 5.75 Å². The summed E-state index contributed by atoms with van der Waals surface area (Å²) in [5.41, 5.74) is 1.72. The van der Waals surface area contributed by atoms with Gasteiger partial charge >= 0.3 is 0 Å². The number of hydrogen-bond donors (Lipinski definition) is 0. The molecule has 0 N–H and O–H groups in total. The Bertz CT molecular complexity index is 1070. The van der Waals surface area contributed by atoms with Crippen molar-refractivity contribution in [3.8, 4) is 22.8 Å². The van der Waals surface area contributed by atoms with E-state index in [9.17, 15) is 4.79 Å². The Hall–Kier alpha value is -2.55. The van der Waals surface area contributed by atoms with Crippen molar-refractivity contribution in [1.82, 2.24) is 19.7 Å². The summed E-state index contributed by atoms with van der Waals surface area (Å²) >= 11 is 7.59. The monoisotopic (exact) mass is 472 g/mol. The first-order chi connectivity index (χ1) is 15.5. The van der Waals surface area contributed by atoms with Gasteiger partial charge in [-0.2, -0.15) is 0 Å². The van der Waals surface area contributed by atoms with Crippen LogP contribution < -0.4 is 4.74 Å². The van der Waals surface area contributed by atoms with Crippen molar-refractivity contribution in [3.05, 3.63) is 53.6 Å². The summed E-state index contributed by atoms with van der Waals surface area (Å²) in [4.78, 5) is 14.6. The number of halogens is 1. The van der Waals surface area contributed by atoms with Crippen LogP contribution in [0.15, 0.2) is 53.7 Å². The van der Waals surface area contributed by atoms with Gasteiger partial charge in [0.05, 0.1) is 25.1 Å². The molecule has 0 saturated carbocycles. The summed E-state index contributed by atoms with van der Waals surface area (Å²) in [5.74, 6) is 1.79. The molecular weight excluding hydrogens is 448 g/mol. The van der Waals surface area contributed by atoms with E-state index in [1.165, 1.54) is 11.8 Å². The van der Waals surface area contributed by atoms with Gasteiger partial charge < -0.3 is 14.4 Å². The molecule has 2 heterocycles. The Balaban J connectivity index is 1.62. The molecule has 1 aromatic heterocycles. The highest BCUT2D eigenvalue weighted by Gasteiger charge is 2.23. The Morgan fingerprint density at radius 1 is 1.25 bits per heavy atom. The van der Waals surface area contributed by atoms with E-state index in [2.05, 4.69) is 10.2 Å². The molecule has 1 atom stereocenters. The second-order valence-electron chi connectivity index (χ2n) is 7.39. The van der Waals surface area contributed by atoms with E-state index in [1.54, 1.807) is 0 Å². The van der Waals surface area contributed by atoms with Gasteiger partial charge in [0, 0.05) is 29.4 Å². The molecule has 1 aliphatic rings. The number of carbonyl (C=O) groups excluding carboxylic acids is 1. The summed E-state index contributed by atoms with van der Waals surface area (Å²) in [5, 5.41) is 10.1.